The van der Waals surface area contributed by atoms with E-state index in [1.165, 1.54) is 11.9 Å². The summed E-state index contributed by atoms with van der Waals surface area (Å²) in [5.41, 5.74) is 5.11. The highest BCUT2D eigenvalue weighted by Gasteiger charge is 2.39. The molecule has 4 nitrogen and oxygen atoms in total. The zero-order chi connectivity index (χ0) is 14.3. The van der Waals surface area contributed by atoms with Crippen LogP contribution in [0.3, 0.4) is 0 Å². The van der Waals surface area contributed by atoms with Gasteiger partial charge >= 0.3 is 6.18 Å². The molecule has 0 aromatic rings. The number of hydrogen-bond donors (Lipinski definition) is 1. The topological polar surface area (TPSA) is 49.6 Å². The van der Waals surface area contributed by atoms with E-state index in [1.807, 2.05) is 13.8 Å². The molecule has 0 spiro atoms. The van der Waals surface area contributed by atoms with Crippen molar-refractivity contribution in [1.82, 2.24) is 9.80 Å². The summed E-state index contributed by atoms with van der Waals surface area (Å²) in [6.45, 7) is 4.04. The molecule has 0 aromatic heterocycles. The number of hydrogen-bond acceptors (Lipinski definition) is 3. The molecule has 0 rings (SSSR count). The summed E-state index contributed by atoms with van der Waals surface area (Å²) < 4.78 is 37.5. The second-order valence-corrected chi connectivity index (χ2v) is 4.24. The van der Waals surface area contributed by atoms with Crippen LogP contribution in [0.25, 0.3) is 0 Å². The van der Waals surface area contributed by atoms with Gasteiger partial charge in [0.15, 0.2) is 0 Å². The van der Waals surface area contributed by atoms with Crippen LogP contribution < -0.4 is 5.73 Å². The number of amides is 1. The van der Waals surface area contributed by atoms with Crippen molar-refractivity contribution >= 4 is 5.91 Å². The standard InChI is InChI=1S/C11H22F3N3O/c1-4-17(5-2)10(18)8-16(3)7-9(6-15)11(12,13)14/h9H,4-8,15H2,1-3H3. The monoisotopic (exact) mass is 269 g/mol. The highest BCUT2D eigenvalue weighted by molar-refractivity contribution is 5.78. The minimum atomic E-state index is -4.32. The summed E-state index contributed by atoms with van der Waals surface area (Å²) in [6, 6.07) is 0. The van der Waals surface area contributed by atoms with Crippen molar-refractivity contribution in [2.45, 2.75) is 20.0 Å². The van der Waals surface area contributed by atoms with Crippen LogP contribution in [0.2, 0.25) is 0 Å². The fraction of sp³-hybridized carbons (Fsp3) is 0.909. The van der Waals surface area contributed by atoms with Gasteiger partial charge in [-0.15, -0.1) is 0 Å². The van der Waals surface area contributed by atoms with Crippen LogP contribution in [0, 0.1) is 5.92 Å². The van der Waals surface area contributed by atoms with E-state index in [-0.39, 0.29) is 19.0 Å². The molecule has 0 radical (unpaired) electrons. The summed E-state index contributed by atoms with van der Waals surface area (Å²) in [4.78, 5) is 14.7. The van der Waals surface area contributed by atoms with Crippen LogP contribution in [-0.2, 0) is 4.79 Å². The predicted octanol–water partition coefficient (Wildman–Crippen LogP) is 0.924. The number of halogens is 3. The van der Waals surface area contributed by atoms with Gasteiger partial charge in [-0.2, -0.15) is 13.2 Å². The number of carbonyl (C=O) groups excluding carboxylic acids is 1. The van der Waals surface area contributed by atoms with Crippen molar-refractivity contribution in [1.29, 1.82) is 0 Å². The first-order valence-electron chi connectivity index (χ1n) is 5.99. The van der Waals surface area contributed by atoms with Crippen molar-refractivity contribution in [3.63, 3.8) is 0 Å². The largest absolute Gasteiger partial charge is 0.394 e. The second-order valence-electron chi connectivity index (χ2n) is 4.24. The van der Waals surface area contributed by atoms with E-state index >= 15 is 0 Å². The maximum absolute atomic E-state index is 12.5. The summed E-state index contributed by atoms with van der Waals surface area (Å²) >= 11 is 0. The van der Waals surface area contributed by atoms with Crippen molar-refractivity contribution < 1.29 is 18.0 Å². The van der Waals surface area contributed by atoms with Crippen molar-refractivity contribution in [3.05, 3.63) is 0 Å². The van der Waals surface area contributed by atoms with Gasteiger partial charge in [0.2, 0.25) is 5.91 Å². The third-order valence-corrected chi connectivity index (χ3v) is 2.80. The van der Waals surface area contributed by atoms with Gasteiger partial charge in [0.1, 0.15) is 0 Å². The van der Waals surface area contributed by atoms with Crippen molar-refractivity contribution in [2.75, 3.05) is 39.8 Å². The highest BCUT2D eigenvalue weighted by Crippen LogP contribution is 2.25. The minimum absolute atomic E-state index is 0.0196. The molecule has 0 saturated heterocycles. The zero-order valence-corrected chi connectivity index (χ0v) is 11.1. The van der Waals surface area contributed by atoms with Gasteiger partial charge in [0.25, 0.3) is 0 Å². The Bertz CT molecular complexity index is 254. The molecule has 108 valence electrons. The molecule has 0 fully saturated rings. The first-order valence-corrected chi connectivity index (χ1v) is 5.99. The lowest BCUT2D eigenvalue weighted by atomic mass is 10.1. The second kappa shape index (κ2) is 7.58. The Kier molecular flexibility index (Phi) is 7.23. The Hall–Kier alpha value is -0.820. The number of likely N-dealkylation sites (N-methyl/N-ethyl adjacent to an activating group) is 2. The van der Waals surface area contributed by atoms with Crippen LogP contribution in [0.15, 0.2) is 0 Å². The molecule has 7 heteroatoms. The maximum Gasteiger partial charge on any atom is 0.394 e. The van der Waals surface area contributed by atoms with Crippen LogP contribution in [0.4, 0.5) is 13.2 Å². The molecule has 2 N–H and O–H groups in total. The Morgan fingerprint density at radius 2 is 1.78 bits per heavy atom. The molecule has 0 saturated carbocycles. The van der Waals surface area contributed by atoms with E-state index in [2.05, 4.69) is 0 Å². The fourth-order valence-corrected chi connectivity index (χ4v) is 1.66. The Morgan fingerprint density at radius 3 is 2.11 bits per heavy atom. The predicted molar refractivity (Wildman–Crippen MR) is 64.0 cm³/mol. The van der Waals surface area contributed by atoms with Gasteiger partial charge in [-0.1, -0.05) is 0 Å². The third kappa shape index (κ3) is 5.68. The van der Waals surface area contributed by atoms with Gasteiger partial charge in [-0.3, -0.25) is 9.69 Å². The third-order valence-electron chi connectivity index (χ3n) is 2.80. The Labute approximate surface area is 106 Å². The van der Waals surface area contributed by atoms with Crippen molar-refractivity contribution in [2.24, 2.45) is 11.7 Å². The molecule has 0 aliphatic rings. The molecule has 0 bridgehead atoms. The summed E-state index contributed by atoms with van der Waals surface area (Å²) in [7, 11) is 1.50. The van der Waals surface area contributed by atoms with E-state index in [0.717, 1.165) is 0 Å². The summed E-state index contributed by atoms with van der Waals surface area (Å²) in [5, 5.41) is 0. The van der Waals surface area contributed by atoms with E-state index in [1.54, 1.807) is 4.90 Å². The van der Waals surface area contributed by atoms with E-state index in [4.69, 9.17) is 5.73 Å². The summed E-state index contributed by atoms with van der Waals surface area (Å²) in [5.74, 6) is -1.76. The molecule has 18 heavy (non-hydrogen) atoms. The number of nitrogens with zero attached hydrogens (tertiary/aromatic N) is 2. The molecular formula is C11H22F3N3O. The lowest BCUT2D eigenvalue weighted by molar-refractivity contribution is -0.176. The minimum Gasteiger partial charge on any atom is -0.342 e. The molecule has 0 aliphatic carbocycles. The Morgan fingerprint density at radius 1 is 1.28 bits per heavy atom. The first kappa shape index (κ1) is 17.2. The number of nitrogens with two attached hydrogens (primary N) is 1. The average molecular weight is 269 g/mol. The maximum atomic E-state index is 12.5. The van der Waals surface area contributed by atoms with Crippen molar-refractivity contribution in [3.8, 4) is 0 Å². The van der Waals surface area contributed by atoms with E-state index in [0.29, 0.717) is 13.1 Å². The number of carbonyl (C=O) groups is 1. The van der Waals surface area contributed by atoms with Crippen LogP contribution in [0.1, 0.15) is 13.8 Å². The first-order chi connectivity index (χ1) is 8.26. The van der Waals surface area contributed by atoms with Crippen LogP contribution >= 0.6 is 0 Å². The van der Waals surface area contributed by atoms with Gasteiger partial charge in [-0.05, 0) is 20.9 Å². The molecule has 1 unspecified atom stereocenters. The quantitative estimate of drug-likeness (QED) is 0.748. The molecular weight excluding hydrogens is 247 g/mol. The lowest BCUT2D eigenvalue weighted by Crippen LogP contribution is -2.44. The number of alkyl halides is 3. The van der Waals surface area contributed by atoms with Crippen LogP contribution in [-0.4, -0.2) is 61.7 Å². The van der Waals surface area contributed by atoms with Crippen LogP contribution in [0.5, 0.6) is 0 Å². The molecule has 0 heterocycles. The molecule has 0 aliphatic heterocycles. The number of rotatable bonds is 7. The zero-order valence-electron chi connectivity index (χ0n) is 11.1. The molecule has 0 aromatic carbocycles. The smallest absolute Gasteiger partial charge is 0.342 e. The fourth-order valence-electron chi connectivity index (χ4n) is 1.66. The normalized spacial score (nSPS) is 13.8. The van der Waals surface area contributed by atoms with E-state index in [9.17, 15) is 18.0 Å². The van der Waals surface area contributed by atoms with E-state index < -0.39 is 18.6 Å². The van der Waals surface area contributed by atoms with Gasteiger partial charge in [0, 0.05) is 26.2 Å². The van der Waals surface area contributed by atoms with Gasteiger partial charge < -0.3 is 10.6 Å². The highest BCUT2D eigenvalue weighted by atomic mass is 19.4. The average Bonchev–Trinajstić information content (AvgIpc) is 2.25. The van der Waals surface area contributed by atoms with Gasteiger partial charge in [0.05, 0.1) is 12.5 Å². The lowest BCUT2D eigenvalue weighted by Gasteiger charge is -2.27. The Balaban J connectivity index is 4.33. The molecule has 1 atom stereocenters. The SMILES string of the molecule is CCN(CC)C(=O)CN(C)CC(CN)C(F)(F)F. The molecule has 1 amide bonds. The van der Waals surface area contributed by atoms with Gasteiger partial charge in [-0.25, -0.2) is 0 Å². The summed E-state index contributed by atoms with van der Waals surface area (Å²) in [6.07, 6.45) is -4.32.